The normalized spacial score (nSPS) is 24.3. The van der Waals surface area contributed by atoms with Crippen molar-refractivity contribution in [3.05, 3.63) is 0 Å². The van der Waals surface area contributed by atoms with Crippen molar-refractivity contribution in [2.75, 3.05) is 31.6 Å². The molecular formula is C12H22N2S. The summed E-state index contributed by atoms with van der Waals surface area (Å²) in [6.45, 7) is 6.33. The topological polar surface area (TPSA) is 15.3 Å². The summed E-state index contributed by atoms with van der Waals surface area (Å²) in [5.74, 6) is 8.70. The number of rotatable bonds is 4. The minimum absolute atomic E-state index is 0.528. The van der Waals surface area contributed by atoms with Crippen LogP contribution in [-0.2, 0) is 0 Å². The summed E-state index contributed by atoms with van der Waals surface area (Å²) in [5.41, 5.74) is 0. The second-order valence-corrected chi connectivity index (χ2v) is 5.07. The van der Waals surface area contributed by atoms with E-state index < -0.39 is 0 Å². The van der Waals surface area contributed by atoms with Crippen LogP contribution in [0.4, 0.5) is 0 Å². The molecule has 1 heterocycles. The summed E-state index contributed by atoms with van der Waals surface area (Å²) in [7, 11) is 2.23. The first-order valence-electron chi connectivity index (χ1n) is 5.70. The first-order valence-corrected chi connectivity index (χ1v) is 6.86. The van der Waals surface area contributed by atoms with Gasteiger partial charge in [0.2, 0.25) is 0 Å². The Bertz CT molecular complexity index is 232. The monoisotopic (exact) mass is 226 g/mol. The van der Waals surface area contributed by atoms with Crippen molar-refractivity contribution in [1.29, 1.82) is 0 Å². The molecule has 2 nitrogen and oxygen atoms in total. The lowest BCUT2D eigenvalue weighted by molar-refractivity contribution is 0.217. The number of nitrogens with zero attached hydrogens (tertiary/aromatic N) is 1. The molecule has 0 aromatic rings. The highest BCUT2D eigenvalue weighted by atomic mass is 32.2. The second kappa shape index (κ2) is 7.16. The van der Waals surface area contributed by atoms with Gasteiger partial charge in [0.1, 0.15) is 0 Å². The van der Waals surface area contributed by atoms with Crippen LogP contribution in [-0.4, -0.2) is 48.6 Å². The maximum Gasteiger partial charge on any atom is 0.0346 e. The molecule has 1 aliphatic heterocycles. The molecule has 1 fully saturated rings. The second-order valence-electron chi connectivity index (χ2n) is 3.92. The van der Waals surface area contributed by atoms with Gasteiger partial charge >= 0.3 is 0 Å². The smallest absolute Gasteiger partial charge is 0.0346 e. The van der Waals surface area contributed by atoms with E-state index in [-0.39, 0.29) is 0 Å². The van der Waals surface area contributed by atoms with E-state index in [9.17, 15) is 0 Å². The molecule has 2 atom stereocenters. The van der Waals surface area contributed by atoms with Crippen LogP contribution >= 0.6 is 11.8 Å². The van der Waals surface area contributed by atoms with Crippen molar-refractivity contribution in [2.45, 2.75) is 32.4 Å². The third-order valence-electron chi connectivity index (χ3n) is 2.87. The third-order valence-corrected chi connectivity index (χ3v) is 3.92. The average molecular weight is 226 g/mol. The van der Waals surface area contributed by atoms with Gasteiger partial charge in [-0.1, -0.05) is 6.92 Å². The van der Waals surface area contributed by atoms with E-state index in [1.165, 1.54) is 18.1 Å². The van der Waals surface area contributed by atoms with Gasteiger partial charge in [-0.15, -0.1) is 11.8 Å². The van der Waals surface area contributed by atoms with Crippen molar-refractivity contribution < 1.29 is 0 Å². The van der Waals surface area contributed by atoms with Crippen LogP contribution in [0.5, 0.6) is 0 Å². The van der Waals surface area contributed by atoms with E-state index in [0.717, 1.165) is 13.0 Å². The number of nitrogens with one attached hydrogen (secondary N) is 1. The molecule has 2 unspecified atom stereocenters. The van der Waals surface area contributed by atoms with Gasteiger partial charge in [-0.25, -0.2) is 0 Å². The highest BCUT2D eigenvalue weighted by Gasteiger charge is 2.26. The first-order chi connectivity index (χ1) is 7.29. The SMILES string of the molecule is CC#CCC(NCC)C1CSCCN1C. The zero-order valence-corrected chi connectivity index (χ0v) is 10.9. The first kappa shape index (κ1) is 12.9. The summed E-state index contributed by atoms with van der Waals surface area (Å²) in [5, 5.41) is 3.56. The van der Waals surface area contributed by atoms with Crippen molar-refractivity contribution >= 4 is 11.8 Å². The van der Waals surface area contributed by atoms with Crippen LogP contribution in [0, 0.1) is 11.8 Å². The van der Waals surface area contributed by atoms with Gasteiger partial charge in [-0.2, -0.15) is 11.8 Å². The molecule has 0 radical (unpaired) electrons. The quantitative estimate of drug-likeness (QED) is 0.730. The van der Waals surface area contributed by atoms with Gasteiger partial charge in [0.15, 0.2) is 0 Å². The van der Waals surface area contributed by atoms with E-state index >= 15 is 0 Å². The fourth-order valence-electron chi connectivity index (χ4n) is 1.95. The van der Waals surface area contributed by atoms with Crippen LogP contribution in [0.25, 0.3) is 0 Å². The van der Waals surface area contributed by atoms with Gasteiger partial charge < -0.3 is 10.2 Å². The Labute approximate surface area is 98.2 Å². The maximum atomic E-state index is 3.56. The Hall–Kier alpha value is -0.170. The average Bonchev–Trinajstić information content (AvgIpc) is 2.25. The molecule has 0 bridgehead atoms. The predicted molar refractivity (Wildman–Crippen MR) is 69.3 cm³/mol. The molecule has 0 amide bonds. The Morgan fingerprint density at radius 3 is 3.00 bits per heavy atom. The molecule has 15 heavy (non-hydrogen) atoms. The minimum Gasteiger partial charge on any atom is -0.312 e. The number of hydrogen-bond acceptors (Lipinski definition) is 3. The third kappa shape index (κ3) is 4.06. The Kier molecular flexibility index (Phi) is 6.16. The maximum absolute atomic E-state index is 3.56. The predicted octanol–water partition coefficient (Wildman–Crippen LogP) is 1.43. The summed E-state index contributed by atoms with van der Waals surface area (Å²) < 4.78 is 0. The molecular weight excluding hydrogens is 204 g/mol. The summed E-state index contributed by atoms with van der Waals surface area (Å²) >= 11 is 2.06. The Balaban J connectivity index is 2.54. The zero-order valence-electron chi connectivity index (χ0n) is 10.0. The molecule has 0 aromatic heterocycles. The largest absolute Gasteiger partial charge is 0.312 e. The van der Waals surface area contributed by atoms with E-state index in [4.69, 9.17) is 0 Å². The van der Waals surface area contributed by atoms with E-state index in [2.05, 4.69) is 47.8 Å². The molecule has 1 N–H and O–H groups in total. The van der Waals surface area contributed by atoms with Crippen LogP contribution in [0.15, 0.2) is 0 Å². The van der Waals surface area contributed by atoms with Crippen molar-refractivity contribution in [3.63, 3.8) is 0 Å². The number of likely N-dealkylation sites (N-methyl/N-ethyl adjacent to an activating group) is 2. The van der Waals surface area contributed by atoms with Crippen LogP contribution < -0.4 is 5.32 Å². The van der Waals surface area contributed by atoms with Gasteiger partial charge in [0.05, 0.1) is 0 Å². The van der Waals surface area contributed by atoms with Crippen molar-refractivity contribution in [2.24, 2.45) is 0 Å². The van der Waals surface area contributed by atoms with E-state index in [1.54, 1.807) is 0 Å². The summed E-state index contributed by atoms with van der Waals surface area (Å²) in [6, 6.07) is 1.17. The molecule has 3 heteroatoms. The Morgan fingerprint density at radius 1 is 1.60 bits per heavy atom. The van der Waals surface area contributed by atoms with Crippen LogP contribution in [0.3, 0.4) is 0 Å². The fourth-order valence-corrected chi connectivity index (χ4v) is 3.26. The lowest BCUT2D eigenvalue weighted by Gasteiger charge is -2.37. The van der Waals surface area contributed by atoms with Crippen molar-refractivity contribution in [3.8, 4) is 11.8 Å². The van der Waals surface area contributed by atoms with E-state index in [1.807, 2.05) is 6.92 Å². The van der Waals surface area contributed by atoms with Crippen LogP contribution in [0.1, 0.15) is 20.3 Å². The molecule has 0 saturated carbocycles. The van der Waals surface area contributed by atoms with Gasteiger partial charge in [0, 0.05) is 36.6 Å². The lowest BCUT2D eigenvalue weighted by Crippen LogP contribution is -2.52. The summed E-state index contributed by atoms with van der Waals surface area (Å²) in [4.78, 5) is 2.47. The lowest BCUT2D eigenvalue weighted by atomic mass is 10.1. The minimum atomic E-state index is 0.528. The molecule has 1 rings (SSSR count). The number of hydrogen-bond donors (Lipinski definition) is 1. The standard InChI is InChI=1S/C12H22N2S/c1-4-6-7-11(13-5-2)12-10-15-9-8-14(12)3/h11-13H,5,7-10H2,1-3H3. The highest BCUT2D eigenvalue weighted by Crippen LogP contribution is 2.18. The molecule has 0 aliphatic carbocycles. The van der Waals surface area contributed by atoms with Crippen molar-refractivity contribution in [1.82, 2.24) is 10.2 Å². The summed E-state index contributed by atoms with van der Waals surface area (Å²) in [6.07, 6.45) is 0.972. The molecule has 1 aliphatic rings. The van der Waals surface area contributed by atoms with Gasteiger partial charge in [-0.3, -0.25) is 0 Å². The molecule has 86 valence electrons. The van der Waals surface area contributed by atoms with E-state index in [0.29, 0.717) is 12.1 Å². The molecule has 0 aromatic carbocycles. The van der Waals surface area contributed by atoms with Gasteiger partial charge in [-0.05, 0) is 20.5 Å². The molecule has 1 saturated heterocycles. The molecule has 0 spiro atoms. The fraction of sp³-hybridized carbons (Fsp3) is 0.833. The number of thioether (sulfide) groups is 1. The Morgan fingerprint density at radius 2 is 2.40 bits per heavy atom. The van der Waals surface area contributed by atoms with Gasteiger partial charge in [0.25, 0.3) is 0 Å². The zero-order chi connectivity index (χ0) is 11.1. The van der Waals surface area contributed by atoms with Crippen LogP contribution in [0.2, 0.25) is 0 Å². The highest BCUT2D eigenvalue weighted by molar-refractivity contribution is 7.99.